The number of aromatic nitrogens is 2. The number of nitrogens with zero attached hydrogens (tertiary/aromatic N) is 2. The van der Waals surface area contributed by atoms with Gasteiger partial charge in [0.15, 0.2) is 0 Å². The molecule has 2 N–H and O–H groups in total. The minimum atomic E-state index is -3.86. The van der Waals surface area contributed by atoms with Gasteiger partial charge >= 0.3 is 10.2 Å². The molecule has 0 aliphatic carbocycles. The molecule has 3 heterocycles. The molecule has 1 aliphatic rings. The summed E-state index contributed by atoms with van der Waals surface area (Å²) < 4.78 is 54.2. The fraction of sp³-hybridized carbons (Fsp3) is 0.188. The lowest BCUT2D eigenvalue weighted by atomic mass is 10.1. The number of aromatic amines is 1. The molecule has 0 radical (unpaired) electrons. The largest absolute Gasteiger partial charge is 0.358 e. The van der Waals surface area contributed by atoms with Crippen LogP contribution < -0.4 is 4.72 Å². The molecule has 0 saturated carbocycles. The predicted octanol–water partition coefficient (Wildman–Crippen LogP) is 4.48. The molecule has 1 aliphatic heterocycles. The summed E-state index contributed by atoms with van der Waals surface area (Å²) in [5.74, 6) is 0. The number of alkyl halides is 2. The zero-order valence-corrected chi connectivity index (χ0v) is 15.8. The Morgan fingerprint density at radius 3 is 2.70 bits per heavy atom. The second kappa shape index (κ2) is 6.59. The third kappa shape index (κ3) is 3.25. The van der Waals surface area contributed by atoms with Crippen LogP contribution in [0, 0.1) is 0 Å². The molecule has 1 aromatic carbocycles. The maximum atomic E-state index is 12.7. The standard InChI is InChI=1S/C16H12Cl2F2N4O2S/c17-10-3-9-7-24(6-8-1-2-12(16(19)20)21-4-8)27(25,26)23-14(9)15-13(10)11(18)5-22-15/h1-5,16,22-23H,6-7H2. The third-order valence-electron chi connectivity index (χ3n) is 4.29. The molecule has 0 atom stereocenters. The number of halogens is 4. The molecule has 4 rings (SSSR count). The highest BCUT2D eigenvalue weighted by Gasteiger charge is 2.31. The first-order chi connectivity index (χ1) is 12.8. The van der Waals surface area contributed by atoms with Crippen molar-refractivity contribution in [3.05, 3.63) is 57.5 Å². The summed E-state index contributed by atoms with van der Waals surface area (Å²) in [5.41, 5.74) is 1.69. The number of nitrogens with one attached hydrogen (secondary N) is 2. The quantitative estimate of drug-likeness (QED) is 0.640. The average Bonchev–Trinajstić information content (AvgIpc) is 3.00. The van der Waals surface area contributed by atoms with Gasteiger partial charge in [0.1, 0.15) is 5.69 Å². The summed E-state index contributed by atoms with van der Waals surface area (Å²) in [4.78, 5) is 6.59. The maximum absolute atomic E-state index is 12.7. The van der Waals surface area contributed by atoms with E-state index in [0.29, 0.717) is 37.8 Å². The van der Waals surface area contributed by atoms with E-state index < -0.39 is 16.6 Å². The van der Waals surface area contributed by atoms with E-state index in [1.54, 1.807) is 6.07 Å². The Hall–Kier alpha value is -1.94. The fourth-order valence-corrected chi connectivity index (χ4v) is 4.88. The topological polar surface area (TPSA) is 78.1 Å². The van der Waals surface area contributed by atoms with Gasteiger partial charge in [-0.15, -0.1) is 0 Å². The van der Waals surface area contributed by atoms with Gasteiger partial charge in [-0.1, -0.05) is 29.3 Å². The third-order valence-corrected chi connectivity index (χ3v) is 6.29. The molecule has 0 fully saturated rings. The molecule has 6 nitrogen and oxygen atoms in total. The van der Waals surface area contributed by atoms with Gasteiger partial charge in [0.05, 0.1) is 21.2 Å². The Balaban J connectivity index is 1.69. The highest BCUT2D eigenvalue weighted by Crippen LogP contribution is 2.40. The molecule has 11 heteroatoms. The zero-order chi connectivity index (χ0) is 19.3. The van der Waals surface area contributed by atoms with E-state index in [0.717, 1.165) is 0 Å². The normalized spacial score (nSPS) is 16.5. The van der Waals surface area contributed by atoms with Crippen LogP contribution in [0.5, 0.6) is 0 Å². The van der Waals surface area contributed by atoms with Crippen LogP contribution in [0.15, 0.2) is 30.6 Å². The van der Waals surface area contributed by atoms with Crippen LogP contribution in [0.2, 0.25) is 10.0 Å². The van der Waals surface area contributed by atoms with Gasteiger partial charge in [0.2, 0.25) is 0 Å². The Kier molecular flexibility index (Phi) is 4.50. The van der Waals surface area contributed by atoms with E-state index in [-0.39, 0.29) is 18.8 Å². The lowest BCUT2D eigenvalue weighted by Crippen LogP contribution is -2.39. The van der Waals surface area contributed by atoms with Gasteiger partial charge < -0.3 is 4.98 Å². The Morgan fingerprint density at radius 1 is 1.26 bits per heavy atom. The number of rotatable bonds is 3. The van der Waals surface area contributed by atoms with Crippen LogP contribution in [-0.2, 0) is 23.3 Å². The number of anilines is 1. The number of hydrogen-bond acceptors (Lipinski definition) is 3. The van der Waals surface area contributed by atoms with Gasteiger partial charge in [-0.2, -0.15) is 12.7 Å². The highest BCUT2D eigenvalue weighted by molar-refractivity contribution is 7.90. The molecule has 0 spiro atoms. The summed E-state index contributed by atoms with van der Waals surface area (Å²) in [6, 6.07) is 4.27. The number of hydrogen-bond donors (Lipinski definition) is 2. The van der Waals surface area contributed by atoms with E-state index in [4.69, 9.17) is 23.2 Å². The van der Waals surface area contributed by atoms with Gasteiger partial charge in [-0.3, -0.25) is 9.71 Å². The van der Waals surface area contributed by atoms with E-state index >= 15 is 0 Å². The monoisotopic (exact) mass is 432 g/mol. The van der Waals surface area contributed by atoms with Crippen molar-refractivity contribution in [2.24, 2.45) is 0 Å². The maximum Gasteiger partial charge on any atom is 0.302 e. The molecule has 0 bridgehead atoms. The van der Waals surface area contributed by atoms with Gasteiger partial charge in [0, 0.05) is 30.9 Å². The van der Waals surface area contributed by atoms with Crippen molar-refractivity contribution >= 4 is 50.0 Å². The van der Waals surface area contributed by atoms with Crippen molar-refractivity contribution in [3.63, 3.8) is 0 Å². The number of pyridine rings is 1. The van der Waals surface area contributed by atoms with Crippen molar-refractivity contribution in [1.82, 2.24) is 14.3 Å². The highest BCUT2D eigenvalue weighted by atomic mass is 35.5. The molecular formula is C16H12Cl2F2N4O2S. The van der Waals surface area contributed by atoms with Crippen molar-refractivity contribution in [2.75, 3.05) is 4.72 Å². The number of H-pyrrole nitrogens is 1. The van der Waals surface area contributed by atoms with Crippen LogP contribution in [0.1, 0.15) is 23.2 Å². The first-order valence-corrected chi connectivity index (χ1v) is 9.94. The van der Waals surface area contributed by atoms with Crippen LogP contribution in [0.25, 0.3) is 10.9 Å². The summed E-state index contributed by atoms with van der Waals surface area (Å²) in [6.07, 6.45) is 0.103. The molecule has 2 aromatic heterocycles. The zero-order valence-electron chi connectivity index (χ0n) is 13.5. The molecule has 0 unspecified atom stereocenters. The van der Waals surface area contributed by atoms with E-state index in [9.17, 15) is 17.2 Å². The Bertz CT molecular complexity index is 1130. The van der Waals surface area contributed by atoms with Gasteiger partial charge in [-0.05, 0) is 23.3 Å². The number of benzene rings is 1. The van der Waals surface area contributed by atoms with Gasteiger partial charge in [0.25, 0.3) is 6.43 Å². The second-order valence-electron chi connectivity index (χ2n) is 6.05. The summed E-state index contributed by atoms with van der Waals surface area (Å²) in [7, 11) is -3.86. The summed E-state index contributed by atoms with van der Waals surface area (Å²) in [5, 5.41) is 1.34. The smallest absolute Gasteiger partial charge is 0.302 e. The summed E-state index contributed by atoms with van der Waals surface area (Å²) >= 11 is 12.4. The van der Waals surface area contributed by atoms with E-state index in [2.05, 4.69) is 14.7 Å². The van der Waals surface area contributed by atoms with E-state index in [1.165, 1.54) is 28.8 Å². The lowest BCUT2D eigenvalue weighted by Gasteiger charge is -2.29. The second-order valence-corrected chi connectivity index (χ2v) is 8.53. The fourth-order valence-electron chi connectivity index (χ4n) is 3.00. The molecular weight excluding hydrogens is 421 g/mol. The number of fused-ring (bicyclic) bond motifs is 3. The summed E-state index contributed by atoms with van der Waals surface area (Å²) in [6.45, 7) is 0.0417. The van der Waals surface area contributed by atoms with Crippen molar-refractivity contribution in [3.8, 4) is 0 Å². The minimum Gasteiger partial charge on any atom is -0.358 e. The molecule has 27 heavy (non-hydrogen) atoms. The minimum absolute atomic E-state index is 0.0214. The van der Waals surface area contributed by atoms with Gasteiger partial charge in [-0.25, -0.2) is 8.78 Å². The molecule has 0 saturated heterocycles. The van der Waals surface area contributed by atoms with Crippen molar-refractivity contribution < 1.29 is 17.2 Å². The Morgan fingerprint density at radius 2 is 2.04 bits per heavy atom. The van der Waals surface area contributed by atoms with Crippen LogP contribution in [-0.4, -0.2) is 22.7 Å². The predicted molar refractivity (Wildman–Crippen MR) is 99.3 cm³/mol. The molecule has 3 aromatic rings. The molecule has 142 valence electrons. The average molecular weight is 433 g/mol. The van der Waals surface area contributed by atoms with Crippen LogP contribution in [0.3, 0.4) is 0 Å². The Labute approximate surface area is 163 Å². The first kappa shape index (κ1) is 18.4. The van der Waals surface area contributed by atoms with Crippen molar-refractivity contribution in [1.29, 1.82) is 0 Å². The lowest BCUT2D eigenvalue weighted by molar-refractivity contribution is 0.146. The first-order valence-electron chi connectivity index (χ1n) is 7.75. The SMILES string of the molecule is O=S1(=O)Nc2c(cc(Cl)c3c(Cl)c[nH]c23)CN1Cc1ccc(C(F)F)nc1. The van der Waals surface area contributed by atoms with Crippen LogP contribution >= 0.6 is 23.2 Å². The van der Waals surface area contributed by atoms with Crippen LogP contribution in [0.4, 0.5) is 14.5 Å². The van der Waals surface area contributed by atoms with Crippen molar-refractivity contribution in [2.45, 2.75) is 19.5 Å². The van der Waals surface area contributed by atoms with E-state index in [1.807, 2.05) is 0 Å². The molecule has 0 amide bonds.